The number of rotatable bonds is 3. The van der Waals surface area contributed by atoms with Crippen LogP contribution < -0.4 is 0 Å². The van der Waals surface area contributed by atoms with Crippen LogP contribution in [0, 0.1) is 0 Å². The topological polar surface area (TPSA) is 54.5 Å². The molecule has 0 radical (unpaired) electrons. The highest BCUT2D eigenvalue weighted by Crippen LogP contribution is 2.35. The lowest BCUT2D eigenvalue weighted by molar-refractivity contribution is -0.186. The molecule has 0 bridgehead atoms. The van der Waals surface area contributed by atoms with E-state index in [4.69, 9.17) is 0 Å². The van der Waals surface area contributed by atoms with E-state index in [2.05, 4.69) is 0 Å². The van der Waals surface area contributed by atoms with Crippen molar-refractivity contribution in [3.63, 3.8) is 0 Å². The van der Waals surface area contributed by atoms with E-state index >= 15 is 0 Å². The average molecular weight is 447 g/mol. The predicted molar refractivity (Wildman–Crippen MR) is 82.3 cm³/mol. The first-order valence-electron chi connectivity index (χ1n) is 6.43. The number of sulfone groups is 1. The number of amides is 1. The van der Waals surface area contributed by atoms with Gasteiger partial charge in [0.1, 0.15) is 3.76 Å². The Kier molecular flexibility index (Phi) is 5.05. The van der Waals surface area contributed by atoms with Crippen molar-refractivity contribution in [1.82, 2.24) is 4.90 Å². The standard InChI is InChI=1S/C13H13F3INO3S/c14-13(15,16)12(19)18-7-1-2-11(18)9-3-5-10(6-4-9)22(20,21)8-17/h3-6,11H,1-2,7-8H2. The number of likely N-dealkylation sites (tertiary alicyclic amines) is 1. The smallest absolute Gasteiger partial charge is 0.328 e. The minimum atomic E-state index is -4.90. The third-order valence-corrected chi connectivity index (χ3v) is 7.26. The molecule has 2 rings (SSSR count). The van der Waals surface area contributed by atoms with Gasteiger partial charge in [-0.25, -0.2) is 8.42 Å². The number of hydrogen-bond acceptors (Lipinski definition) is 3. The van der Waals surface area contributed by atoms with Gasteiger partial charge in [0.15, 0.2) is 9.84 Å². The average Bonchev–Trinajstić information content (AvgIpc) is 2.94. The zero-order valence-corrected chi connectivity index (χ0v) is 14.3. The quantitative estimate of drug-likeness (QED) is 0.529. The van der Waals surface area contributed by atoms with Crippen LogP contribution in [0.5, 0.6) is 0 Å². The number of carbonyl (C=O) groups is 1. The molecule has 9 heteroatoms. The molecule has 0 spiro atoms. The van der Waals surface area contributed by atoms with Gasteiger partial charge in [-0.1, -0.05) is 34.7 Å². The van der Waals surface area contributed by atoms with Crippen molar-refractivity contribution in [2.75, 3.05) is 10.3 Å². The first-order chi connectivity index (χ1) is 10.2. The summed E-state index contributed by atoms with van der Waals surface area (Å²) in [5, 5.41) is 0. The van der Waals surface area contributed by atoms with E-state index in [9.17, 15) is 26.4 Å². The number of alkyl halides is 4. The van der Waals surface area contributed by atoms with Crippen molar-refractivity contribution in [3.05, 3.63) is 29.8 Å². The second-order valence-electron chi connectivity index (χ2n) is 4.95. The summed E-state index contributed by atoms with van der Waals surface area (Å²) in [5.74, 6) is -1.85. The maximum absolute atomic E-state index is 12.6. The van der Waals surface area contributed by atoms with E-state index in [0.717, 1.165) is 4.90 Å². The van der Waals surface area contributed by atoms with Gasteiger partial charge in [-0.2, -0.15) is 13.2 Å². The van der Waals surface area contributed by atoms with Crippen molar-refractivity contribution >= 4 is 38.3 Å². The maximum Gasteiger partial charge on any atom is 0.471 e. The fourth-order valence-electron chi connectivity index (χ4n) is 2.48. The molecule has 1 aliphatic heterocycles. The molecular weight excluding hydrogens is 434 g/mol. The summed E-state index contributed by atoms with van der Waals surface area (Å²) in [4.78, 5) is 12.4. The maximum atomic E-state index is 12.6. The van der Waals surface area contributed by atoms with E-state index in [-0.39, 0.29) is 15.2 Å². The van der Waals surface area contributed by atoms with E-state index in [0.29, 0.717) is 18.4 Å². The number of benzene rings is 1. The summed E-state index contributed by atoms with van der Waals surface area (Å²) in [7, 11) is -3.37. The normalized spacial score (nSPS) is 19.5. The minimum Gasteiger partial charge on any atom is -0.328 e. The molecule has 122 valence electrons. The fourth-order valence-corrected chi connectivity index (χ4v) is 4.23. The summed E-state index contributed by atoms with van der Waals surface area (Å²) < 4.78 is 61.1. The molecule has 0 aliphatic carbocycles. The summed E-state index contributed by atoms with van der Waals surface area (Å²) in [6.45, 7) is 0.0524. The van der Waals surface area contributed by atoms with Crippen LogP contribution in [0.25, 0.3) is 0 Å². The molecule has 1 unspecified atom stereocenters. The number of halogens is 4. The third-order valence-electron chi connectivity index (χ3n) is 3.52. The molecule has 1 aromatic carbocycles. The minimum absolute atomic E-state index is 0.0524. The Morgan fingerprint density at radius 3 is 2.36 bits per heavy atom. The van der Waals surface area contributed by atoms with Crippen LogP contribution >= 0.6 is 22.6 Å². The number of carbonyl (C=O) groups excluding carboxylic acids is 1. The number of hydrogen-bond donors (Lipinski definition) is 0. The van der Waals surface area contributed by atoms with Crippen LogP contribution in [0.2, 0.25) is 0 Å². The van der Waals surface area contributed by atoms with E-state index in [1.165, 1.54) is 24.3 Å². The monoisotopic (exact) mass is 447 g/mol. The molecule has 1 heterocycles. The first kappa shape index (κ1) is 17.5. The zero-order valence-electron chi connectivity index (χ0n) is 11.3. The summed E-state index contributed by atoms with van der Waals surface area (Å²) >= 11 is 1.74. The van der Waals surface area contributed by atoms with E-state index in [1.807, 2.05) is 0 Å². The van der Waals surface area contributed by atoms with Crippen molar-refractivity contribution in [1.29, 1.82) is 0 Å². The molecule has 1 saturated heterocycles. The number of nitrogens with zero attached hydrogens (tertiary/aromatic N) is 1. The summed E-state index contributed by atoms with van der Waals surface area (Å²) in [6, 6.07) is 5.04. The molecule has 1 fully saturated rings. The highest BCUT2D eigenvalue weighted by molar-refractivity contribution is 14.1. The third kappa shape index (κ3) is 3.55. The van der Waals surface area contributed by atoms with Gasteiger partial charge >= 0.3 is 12.1 Å². The predicted octanol–water partition coefficient (Wildman–Crippen LogP) is 3.08. The molecule has 0 aromatic heterocycles. The molecule has 22 heavy (non-hydrogen) atoms. The molecule has 1 aliphatic rings. The molecule has 0 saturated carbocycles. The van der Waals surface area contributed by atoms with Gasteiger partial charge < -0.3 is 4.90 Å². The molecule has 1 atom stereocenters. The van der Waals surface area contributed by atoms with Crippen molar-refractivity contribution in [2.24, 2.45) is 0 Å². The Hall–Kier alpha value is -0.840. The Morgan fingerprint density at radius 1 is 1.27 bits per heavy atom. The van der Waals surface area contributed by atoms with Crippen molar-refractivity contribution in [3.8, 4) is 0 Å². The van der Waals surface area contributed by atoms with Crippen LogP contribution in [0.15, 0.2) is 29.2 Å². The summed E-state index contributed by atoms with van der Waals surface area (Å²) in [5.41, 5.74) is 0.516. The SMILES string of the molecule is O=C(N1CCCC1c1ccc(S(=O)(=O)CI)cc1)C(F)(F)F. The van der Waals surface area contributed by atoms with Crippen LogP contribution in [-0.2, 0) is 14.6 Å². The molecule has 1 aromatic rings. The Morgan fingerprint density at radius 2 is 1.86 bits per heavy atom. The van der Waals surface area contributed by atoms with Gasteiger partial charge in [0.2, 0.25) is 0 Å². The van der Waals surface area contributed by atoms with Crippen LogP contribution in [0.1, 0.15) is 24.4 Å². The Bertz CT molecular complexity index is 658. The molecule has 0 N–H and O–H groups in total. The van der Waals surface area contributed by atoms with Gasteiger partial charge in [-0.3, -0.25) is 4.79 Å². The lowest BCUT2D eigenvalue weighted by atomic mass is 10.0. The Balaban J connectivity index is 2.26. The highest BCUT2D eigenvalue weighted by atomic mass is 127. The van der Waals surface area contributed by atoms with Crippen LogP contribution in [0.3, 0.4) is 0 Å². The largest absolute Gasteiger partial charge is 0.471 e. The molecule has 1 amide bonds. The van der Waals surface area contributed by atoms with Crippen molar-refractivity contribution in [2.45, 2.75) is 30.0 Å². The molecule has 4 nitrogen and oxygen atoms in total. The first-order valence-corrected chi connectivity index (χ1v) is 9.61. The second kappa shape index (κ2) is 6.34. The van der Waals surface area contributed by atoms with Gasteiger partial charge in [-0.15, -0.1) is 0 Å². The van der Waals surface area contributed by atoms with E-state index < -0.39 is 28.0 Å². The second-order valence-corrected chi connectivity index (χ2v) is 8.73. The summed E-state index contributed by atoms with van der Waals surface area (Å²) in [6.07, 6.45) is -3.98. The van der Waals surface area contributed by atoms with Crippen LogP contribution in [-0.4, -0.2) is 35.7 Å². The lowest BCUT2D eigenvalue weighted by Crippen LogP contribution is -2.40. The van der Waals surface area contributed by atoms with Gasteiger partial charge in [-0.05, 0) is 30.5 Å². The van der Waals surface area contributed by atoms with Crippen LogP contribution in [0.4, 0.5) is 13.2 Å². The molecular formula is C13H13F3INO3S. The van der Waals surface area contributed by atoms with Gasteiger partial charge in [0.05, 0.1) is 10.9 Å². The lowest BCUT2D eigenvalue weighted by Gasteiger charge is -2.26. The highest BCUT2D eigenvalue weighted by Gasteiger charge is 2.46. The fraction of sp³-hybridized carbons (Fsp3) is 0.462. The Labute approximate surface area is 139 Å². The van der Waals surface area contributed by atoms with Crippen molar-refractivity contribution < 1.29 is 26.4 Å². The van der Waals surface area contributed by atoms with Gasteiger partial charge in [0.25, 0.3) is 0 Å². The van der Waals surface area contributed by atoms with Gasteiger partial charge in [0, 0.05) is 6.54 Å². The zero-order chi connectivity index (χ0) is 16.5. The van der Waals surface area contributed by atoms with E-state index in [1.54, 1.807) is 22.6 Å².